The van der Waals surface area contributed by atoms with Crippen LogP contribution >= 0.6 is 0 Å². The van der Waals surface area contributed by atoms with E-state index in [0.717, 1.165) is 5.56 Å². The van der Waals surface area contributed by atoms with E-state index >= 15 is 0 Å². The van der Waals surface area contributed by atoms with Crippen LogP contribution in [0.5, 0.6) is 0 Å². The highest BCUT2D eigenvalue weighted by Gasteiger charge is 2.10. The minimum Gasteiger partial charge on any atom is -0.417 e. The molecule has 0 radical (unpaired) electrons. The van der Waals surface area contributed by atoms with Crippen LogP contribution in [0.1, 0.15) is 5.56 Å². The average molecular weight is 332 g/mol. The van der Waals surface area contributed by atoms with Gasteiger partial charge < -0.3 is 4.42 Å². The monoisotopic (exact) mass is 332 g/mol. The van der Waals surface area contributed by atoms with E-state index < -0.39 is 5.76 Å². The molecule has 8 heteroatoms. The molecule has 0 fully saturated rings. The Morgan fingerprint density at radius 2 is 1.72 bits per heavy atom. The van der Waals surface area contributed by atoms with Crippen LogP contribution in [0, 0.1) is 0 Å². The van der Waals surface area contributed by atoms with E-state index in [-0.39, 0.29) is 0 Å². The predicted molar refractivity (Wildman–Crippen MR) is 91.6 cm³/mol. The van der Waals surface area contributed by atoms with Crippen molar-refractivity contribution < 1.29 is 4.42 Å². The molecule has 3 rings (SSSR count). The fourth-order valence-electron chi connectivity index (χ4n) is 1.89. The third-order valence-corrected chi connectivity index (χ3v) is 2.94. The highest BCUT2D eigenvalue weighted by atomic mass is 16.4. The van der Waals surface area contributed by atoms with Crippen molar-refractivity contribution in [1.82, 2.24) is 24.9 Å². The van der Waals surface area contributed by atoms with Crippen LogP contribution < -0.4 is 5.76 Å². The van der Waals surface area contributed by atoms with Crippen LogP contribution in [0.25, 0.3) is 11.0 Å². The van der Waals surface area contributed by atoms with Crippen LogP contribution in [0.4, 0.5) is 5.82 Å². The van der Waals surface area contributed by atoms with Gasteiger partial charge in [0.25, 0.3) is 0 Å². The summed E-state index contributed by atoms with van der Waals surface area (Å²) < 4.78 is 4.75. The molecule has 0 aromatic carbocycles. The van der Waals surface area contributed by atoms with E-state index in [4.69, 9.17) is 4.42 Å². The minimum atomic E-state index is -0.724. The molecule has 3 heterocycles. The number of nitrogens with zero attached hydrogens (tertiary/aromatic N) is 6. The second-order valence-electron chi connectivity index (χ2n) is 4.58. The third kappa shape index (κ3) is 4.35. The average Bonchev–Trinajstić information content (AvgIpc) is 3.03. The van der Waals surface area contributed by atoms with Gasteiger partial charge >= 0.3 is 5.76 Å². The van der Waals surface area contributed by atoms with Crippen molar-refractivity contribution in [1.29, 1.82) is 0 Å². The quantitative estimate of drug-likeness (QED) is 0.621. The Hall–Kier alpha value is -3.81. The summed E-state index contributed by atoms with van der Waals surface area (Å²) >= 11 is 0. The zero-order chi connectivity index (χ0) is 17.3. The number of aliphatic imine (C=N–C) groups is 1. The van der Waals surface area contributed by atoms with Gasteiger partial charge in [-0.05, 0) is 18.2 Å². The molecule has 0 N–H and O–H groups in total. The zero-order valence-electron chi connectivity index (χ0n) is 12.9. The van der Waals surface area contributed by atoms with E-state index in [2.05, 4.69) is 29.9 Å². The molecule has 0 saturated carbocycles. The molecule has 0 aliphatic carbocycles. The smallest absolute Gasteiger partial charge is 0.417 e. The van der Waals surface area contributed by atoms with Gasteiger partial charge in [-0.2, -0.15) is 4.98 Å². The molecule has 122 valence electrons. The topological polar surface area (TPSA) is 107 Å². The van der Waals surface area contributed by atoms with Crippen molar-refractivity contribution in [2.45, 2.75) is 0 Å². The summed E-state index contributed by atoms with van der Waals surface area (Å²) in [4.78, 5) is 35.8. The van der Waals surface area contributed by atoms with E-state index in [0.29, 0.717) is 16.9 Å². The summed E-state index contributed by atoms with van der Waals surface area (Å²) in [5.74, 6) is -0.178. The Balaban J connectivity index is 2.22. The van der Waals surface area contributed by atoms with Crippen molar-refractivity contribution >= 4 is 23.1 Å². The van der Waals surface area contributed by atoms with E-state index in [9.17, 15) is 4.79 Å². The first-order valence-corrected chi connectivity index (χ1v) is 7.23. The Labute approximate surface area is 142 Å². The van der Waals surface area contributed by atoms with E-state index in [1.807, 2.05) is 0 Å². The third-order valence-electron chi connectivity index (χ3n) is 2.94. The van der Waals surface area contributed by atoms with Crippen LogP contribution in [-0.4, -0.2) is 31.1 Å². The van der Waals surface area contributed by atoms with Gasteiger partial charge in [0.1, 0.15) is 6.33 Å². The largest absolute Gasteiger partial charge is 0.438 e. The lowest BCUT2D eigenvalue weighted by molar-refractivity contribution is 0.491. The van der Waals surface area contributed by atoms with Gasteiger partial charge in [0.15, 0.2) is 11.5 Å². The highest BCUT2D eigenvalue weighted by Crippen LogP contribution is 2.25. The Kier molecular flexibility index (Phi) is 5.24. The molecule has 0 atom stereocenters. The maximum Gasteiger partial charge on any atom is 0.438 e. The molecule has 0 saturated heterocycles. The van der Waals surface area contributed by atoms with Gasteiger partial charge in [-0.1, -0.05) is 12.1 Å². The first kappa shape index (κ1) is 16.1. The summed E-state index contributed by atoms with van der Waals surface area (Å²) in [6.45, 7) is 0. The molecule has 0 unspecified atom stereocenters. The molecule has 0 spiro atoms. The molecule has 1 aliphatic rings. The molecule has 1 aliphatic heterocycles. The minimum absolute atomic E-state index is 0.504. The Bertz CT molecular complexity index is 1050. The summed E-state index contributed by atoms with van der Waals surface area (Å²) in [6.07, 6.45) is 10.3. The van der Waals surface area contributed by atoms with Gasteiger partial charge in [-0.3, -0.25) is 4.98 Å². The van der Waals surface area contributed by atoms with E-state index in [1.54, 1.807) is 42.9 Å². The number of hydrogen-bond donors (Lipinski definition) is 0. The molecular weight excluding hydrogens is 320 g/mol. The van der Waals surface area contributed by atoms with Gasteiger partial charge in [0.2, 0.25) is 0 Å². The van der Waals surface area contributed by atoms with E-state index in [1.165, 1.54) is 31.1 Å². The lowest BCUT2D eigenvalue weighted by atomic mass is 10.2. The summed E-state index contributed by atoms with van der Waals surface area (Å²) in [5.41, 5.74) is 1.24. The SMILES string of the molecule is O=c1ncccncc2c3c(ncnc3ncccccco1)N=C2. The van der Waals surface area contributed by atoms with Crippen LogP contribution in [0.2, 0.25) is 0 Å². The number of rotatable bonds is 0. The van der Waals surface area contributed by atoms with Gasteiger partial charge in [-0.25, -0.2) is 24.7 Å². The standard InChI is InChI=1S/C17H12N6O2/c24-17-20-8-5-6-18-10-13-11-21-16-14(13)15(22-12-23-16)19-7-3-1-2-4-9-25-17/h1-12H. The molecular formula is C17H12N6O2. The fraction of sp³-hybridized carbons (Fsp3) is 0. The first-order chi connectivity index (χ1) is 12.3. The number of aromatic nitrogens is 5. The van der Waals surface area contributed by atoms with Crippen molar-refractivity contribution in [2.24, 2.45) is 4.99 Å². The first-order valence-electron chi connectivity index (χ1n) is 7.23. The highest BCUT2D eigenvalue weighted by molar-refractivity contribution is 6.06. The van der Waals surface area contributed by atoms with Crippen LogP contribution in [0.15, 0.2) is 81.9 Å². The Morgan fingerprint density at radius 3 is 2.68 bits per heavy atom. The normalized spacial score (nSPS) is 10.4. The molecule has 0 amide bonds. The van der Waals surface area contributed by atoms with Gasteiger partial charge in [0, 0.05) is 36.6 Å². The summed E-state index contributed by atoms with van der Waals surface area (Å²) in [6, 6.07) is 8.20. The number of hydrogen-bond acceptors (Lipinski definition) is 8. The van der Waals surface area contributed by atoms with Crippen LogP contribution in [-0.2, 0) is 0 Å². The fourth-order valence-corrected chi connectivity index (χ4v) is 1.89. The van der Waals surface area contributed by atoms with Crippen molar-refractivity contribution in [3.8, 4) is 0 Å². The van der Waals surface area contributed by atoms with Crippen molar-refractivity contribution in [3.05, 3.63) is 83.8 Å². The second-order valence-corrected chi connectivity index (χ2v) is 4.58. The van der Waals surface area contributed by atoms with Gasteiger partial charge in [0.05, 0.1) is 11.6 Å². The van der Waals surface area contributed by atoms with Gasteiger partial charge in [-0.15, -0.1) is 0 Å². The van der Waals surface area contributed by atoms with Crippen LogP contribution in [0.3, 0.4) is 0 Å². The maximum atomic E-state index is 11.3. The van der Waals surface area contributed by atoms with Crippen molar-refractivity contribution in [2.75, 3.05) is 0 Å². The maximum absolute atomic E-state index is 11.3. The Morgan fingerprint density at radius 1 is 0.840 bits per heavy atom. The molecule has 2 aromatic heterocycles. The summed E-state index contributed by atoms with van der Waals surface area (Å²) in [7, 11) is 0. The summed E-state index contributed by atoms with van der Waals surface area (Å²) in [5, 5.41) is 0.714. The molecule has 0 bridgehead atoms. The second kappa shape index (κ2) is 8.16. The lowest BCUT2D eigenvalue weighted by Crippen LogP contribution is -1.96. The predicted octanol–water partition coefficient (Wildman–Crippen LogP) is 2.21. The molecule has 25 heavy (non-hydrogen) atoms. The molecule has 2 aromatic rings. The molecule has 8 nitrogen and oxygen atoms in total. The zero-order valence-corrected chi connectivity index (χ0v) is 12.9. The lowest BCUT2D eigenvalue weighted by Gasteiger charge is -1.92. The van der Waals surface area contributed by atoms with Crippen molar-refractivity contribution in [3.63, 3.8) is 0 Å².